The molecule has 0 bridgehead atoms. The average Bonchev–Trinajstić information content (AvgIpc) is 3.32. The Morgan fingerprint density at radius 1 is 1.16 bits per heavy atom. The third-order valence-electron chi connectivity index (χ3n) is 5.80. The Bertz CT molecular complexity index is 1140. The van der Waals surface area contributed by atoms with E-state index in [-0.39, 0.29) is 40.4 Å². The summed E-state index contributed by atoms with van der Waals surface area (Å²) in [5.74, 6) is -0.761. The van der Waals surface area contributed by atoms with Crippen molar-refractivity contribution in [3.63, 3.8) is 0 Å². The monoisotopic (exact) mass is 469 g/mol. The molecule has 0 spiro atoms. The minimum Gasteiger partial charge on any atom is -0.435 e. The number of hydrogen-bond donors (Lipinski definition) is 0. The highest BCUT2D eigenvalue weighted by Crippen LogP contribution is 2.51. The van der Waals surface area contributed by atoms with Crippen molar-refractivity contribution < 1.29 is 23.0 Å². The van der Waals surface area contributed by atoms with Gasteiger partial charge in [0.2, 0.25) is 5.28 Å². The highest BCUT2D eigenvalue weighted by molar-refractivity contribution is 6.35. The number of hydrogen-bond acceptors (Lipinski definition) is 5. The molecule has 6 nitrogen and oxygen atoms in total. The van der Waals surface area contributed by atoms with Gasteiger partial charge < -0.3 is 18.8 Å². The Hall–Kier alpha value is -2.00. The molecule has 0 amide bonds. The third-order valence-corrected chi connectivity index (χ3v) is 6.26. The number of ether oxygens (including phenoxy) is 3. The topological polar surface area (TPSA) is 58.4 Å². The first-order chi connectivity index (χ1) is 14.7. The molecule has 1 aliphatic carbocycles. The minimum atomic E-state index is -2.88. The third kappa shape index (κ3) is 3.75. The number of alkyl halides is 2. The van der Waals surface area contributed by atoms with Crippen molar-refractivity contribution in [2.75, 3.05) is 0 Å². The van der Waals surface area contributed by atoms with Crippen LogP contribution >= 0.6 is 23.2 Å². The molecular weight excluding hydrogens is 451 g/mol. The fourth-order valence-electron chi connectivity index (χ4n) is 4.71. The molecule has 0 radical (unpaired) electrons. The Kier molecular flexibility index (Phi) is 5.08. The summed E-state index contributed by atoms with van der Waals surface area (Å²) in [6.07, 6.45) is 1.98. The van der Waals surface area contributed by atoms with Gasteiger partial charge in [-0.15, -0.1) is 0 Å². The number of halogens is 4. The second-order valence-corrected chi connectivity index (χ2v) is 8.87. The van der Waals surface area contributed by atoms with Gasteiger partial charge in [0, 0.05) is 12.1 Å². The predicted octanol–water partition coefficient (Wildman–Crippen LogP) is 5.59. The maximum absolute atomic E-state index is 12.7. The van der Waals surface area contributed by atoms with Gasteiger partial charge in [-0.25, -0.2) is 4.98 Å². The standard InChI is InChI=1S/C21H19Cl2F2N3O3/c1-21(2)30-15-13(10-4-3-5-11(8-10)29-20(24)25)9-14(16(15)31-21)28-7-6-12-17(22)26-19(23)27-18(12)28/h3-8,13-16,20H,9H2,1-2H3/t13-,14-,15-,16+/m1/s1. The van der Waals surface area contributed by atoms with E-state index in [1.54, 1.807) is 12.1 Å². The zero-order valence-corrected chi connectivity index (χ0v) is 18.1. The molecular formula is C21H19Cl2F2N3O3. The summed E-state index contributed by atoms with van der Waals surface area (Å²) < 4.78 is 44.5. The molecule has 5 rings (SSSR count). The van der Waals surface area contributed by atoms with Gasteiger partial charge in [-0.1, -0.05) is 23.7 Å². The number of rotatable bonds is 4. The lowest BCUT2D eigenvalue weighted by Gasteiger charge is -2.25. The van der Waals surface area contributed by atoms with Gasteiger partial charge in [0.05, 0.1) is 17.5 Å². The minimum absolute atomic E-state index is 0.0596. The van der Waals surface area contributed by atoms with Gasteiger partial charge in [0.25, 0.3) is 0 Å². The molecule has 1 saturated heterocycles. The molecule has 3 aromatic rings. The lowest BCUT2D eigenvalue weighted by molar-refractivity contribution is -0.157. The summed E-state index contributed by atoms with van der Waals surface area (Å²) in [7, 11) is 0. The van der Waals surface area contributed by atoms with Crippen LogP contribution in [0.1, 0.15) is 37.8 Å². The highest BCUT2D eigenvalue weighted by atomic mass is 35.5. The lowest BCUT2D eigenvalue weighted by Crippen LogP contribution is -2.27. The zero-order chi connectivity index (χ0) is 21.9. The second-order valence-electron chi connectivity index (χ2n) is 8.17. The van der Waals surface area contributed by atoms with Gasteiger partial charge in [-0.05, 0) is 55.6 Å². The first-order valence-corrected chi connectivity index (χ1v) is 10.6. The van der Waals surface area contributed by atoms with Gasteiger partial charge in [-0.3, -0.25) is 0 Å². The summed E-state index contributed by atoms with van der Waals surface area (Å²) in [5, 5.41) is 1.03. The Labute approximate surface area is 187 Å². The van der Waals surface area contributed by atoms with Crippen molar-refractivity contribution in [1.82, 2.24) is 14.5 Å². The quantitative estimate of drug-likeness (QED) is 0.368. The molecule has 1 saturated carbocycles. The van der Waals surface area contributed by atoms with Gasteiger partial charge in [-0.2, -0.15) is 13.8 Å². The summed E-state index contributed by atoms with van der Waals surface area (Å²) in [4.78, 5) is 8.37. The van der Waals surface area contributed by atoms with Crippen LogP contribution in [0.5, 0.6) is 5.75 Å². The van der Waals surface area contributed by atoms with Crippen LogP contribution in [-0.4, -0.2) is 39.1 Å². The van der Waals surface area contributed by atoms with E-state index in [9.17, 15) is 8.78 Å². The smallest absolute Gasteiger partial charge is 0.387 e. The molecule has 2 aliphatic rings. The van der Waals surface area contributed by atoms with E-state index in [0.717, 1.165) is 5.56 Å². The van der Waals surface area contributed by atoms with Crippen LogP contribution in [0.15, 0.2) is 36.5 Å². The summed E-state index contributed by atoms with van der Waals surface area (Å²) >= 11 is 12.3. The van der Waals surface area contributed by atoms with E-state index in [0.29, 0.717) is 17.5 Å². The van der Waals surface area contributed by atoms with Crippen molar-refractivity contribution in [3.8, 4) is 5.75 Å². The van der Waals surface area contributed by atoms with Crippen molar-refractivity contribution in [2.45, 2.75) is 56.8 Å². The molecule has 0 unspecified atom stereocenters. The highest BCUT2D eigenvalue weighted by Gasteiger charge is 2.55. The number of nitrogens with zero attached hydrogens (tertiary/aromatic N) is 3. The van der Waals surface area contributed by atoms with Gasteiger partial charge >= 0.3 is 6.61 Å². The Morgan fingerprint density at radius 3 is 2.71 bits per heavy atom. The van der Waals surface area contributed by atoms with Crippen LogP contribution in [-0.2, 0) is 9.47 Å². The Balaban J connectivity index is 1.55. The molecule has 1 aromatic carbocycles. The van der Waals surface area contributed by atoms with Crippen LogP contribution in [0.25, 0.3) is 11.0 Å². The fraction of sp³-hybridized carbons (Fsp3) is 0.429. The molecule has 164 valence electrons. The van der Waals surface area contributed by atoms with Crippen LogP contribution < -0.4 is 4.74 Å². The van der Waals surface area contributed by atoms with E-state index in [4.69, 9.17) is 32.7 Å². The molecule has 2 fully saturated rings. The van der Waals surface area contributed by atoms with Crippen LogP contribution in [0, 0.1) is 0 Å². The molecule has 31 heavy (non-hydrogen) atoms. The van der Waals surface area contributed by atoms with Crippen LogP contribution in [0.3, 0.4) is 0 Å². The molecule has 10 heteroatoms. The molecule has 1 aliphatic heterocycles. The van der Waals surface area contributed by atoms with Crippen molar-refractivity contribution in [2.24, 2.45) is 0 Å². The number of aromatic nitrogens is 3. The second kappa shape index (κ2) is 7.55. The number of benzene rings is 1. The lowest BCUT2D eigenvalue weighted by atomic mass is 9.95. The SMILES string of the molecule is CC1(C)O[C@@H]2[C@H](O1)[C@@H](c1cccc(OC(F)F)c1)C[C@H]2n1ccc2c(Cl)nc(Cl)nc21. The molecule has 0 N–H and O–H groups in total. The van der Waals surface area contributed by atoms with E-state index < -0.39 is 12.4 Å². The first-order valence-electron chi connectivity index (χ1n) is 9.82. The normalized spacial score (nSPS) is 27.2. The summed E-state index contributed by atoms with van der Waals surface area (Å²) in [5.41, 5.74) is 1.46. The predicted molar refractivity (Wildman–Crippen MR) is 111 cm³/mol. The molecule has 2 aromatic heterocycles. The summed E-state index contributed by atoms with van der Waals surface area (Å²) in [6, 6.07) is 8.45. The largest absolute Gasteiger partial charge is 0.435 e. The van der Waals surface area contributed by atoms with E-state index >= 15 is 0 Å². The van der Waals surface area contributed by atoms with Crippen molar-refractivity contribution in [3.05, 3.63) is 52.5 Å². The van der Waals surface area contributed by atoms with E-state index in [1.165, 1.54) is 6.07 Å². The zero-order valence-electron chi connectivity index (χ0n) is 16.6. The van der Waals surface area contributed by atoms with Crippen LogP contribution in [0.4, 0.5) is 8.78 Å². The van der Waals surface area contributed by atoms with E-state index in [1.807, 2.05) is 36.7 Å². The average molecular weight is 470 g/mol. The first kappa shape index (κ1) is 20.9. The van der Waals surface area contributed by atoms with Gasteiger partial charge in [0.15, 0.2) is 5.79 Å². The fourth-order valence-corrected chi connectivity index (χ4v) is 5.15. The maximum Gasteiger partial charge on any atom is 0.387 e. The van der Waals surface area contributed by atoms with Crippen molar-refractivity contribution in [1.29, 1.82) is 0 Å². The molecule has 3 heterocycles. The van der Waals surface area contributed by atoms with E-state index in [2.05, 4.69) is 14.7 Å². The van der Waals surface area contributed by atoms with Crippen molar-refractivity contribution >= 4 is 34.2 Å². The Morgan fingerprint density at radius 2 is 1.94 bits per heavy atom. The van der Waals surface area contributed by atoms with Gasteiger partial charge in [0.1, 0.15) is 22.7 Å². The molecule has 4 atom stereocenters. The maximum atomic E-state index is 12.7. The number of fused-ring (bicyclic) bond motifs is 2. The summed E-state index contributed by atoms with van der Waals surface area (Å²) in [6.45, 7) is 0.837. The van der Waals surface area contributed by atoms with Crippen LogP contribution in [0.2, 0.25) is 10.4 Å².